The van der Waals surface area contributed by atoms with E-state index in [0.717, 1.165) is 23.7 Å². The summed E-state index contributed by atoms with van der Waals surface area (Å²) in [5.74, 6) is 0.517. The average molecular weight is 258 g/mol. The maximum absolute atomic E-state index is 12.0. The number of methoxy groups -OCH3 is 1. The molecule has 1 aromatic carbocycles. The zero-order valence-corrected chi connectivity index (χ0v) is 11.3. The maximum Gasteiger partial charge on any atom is 0.270 e. The molecule has 0 spiro atoms. The molecule has 0 aliphatic heterocycles. The molecule has 0 bridgehead atoms. The van der Waals surface area contributed by atoms with E-state index in [2.05, 4.69) is 17.2 Å². The Balaban J connectivity index is 2.31. The molecule has 4 heteroatoms. The normalized spacial score (nSPS) is 10.4. The molecule has 0 saturated carbocycles. The van der Waals surface area contributed by atoms with E-state index in [-0.39, 0.29) is 5.91 Å². The summed E-state index contributed by atoms with van der Waals surface area (Å²) in [6.07, 6.45) is 2.02. The minimum Gasteiger partial charge on any atom is -0.496 e. The molecule has 100 valence electrons. The number of ether oxygens (including phenoxy) is 1. The van der Waals surface area contributed by atoms with E-state index in [1.54, 1.807) is 13.2 Å². The Labute approximate surface area is 112 Å². The highest BCUT2D eigenvalue weighted by atomic mass is 16.5. The number of carbonyl (C=O) groups excluding carboxylic acids is 1. The van der Waals surface area contributed by atoms with Crippen molar-refractivity contribution in [3.8, 4) is 5.75 Å². The summed E-state index contributed by atoms with van der Waals surface area (Å²) in [5.41, 5.74) is 1.16. The minimum absolute atomic E-state index is 0.155. The van der Waals surface area contributed by atoms with Gasteiger partial charge in [-0.1, -0.05) is 25.5 Å². The molecule has 0 aliphatic rings. The van der Waals surface area contributed by atoms with Crippen LogP contribution in [0.3, 0.4) is 0 Å². The Hall–Kier alpha value is -2.10. The maximum atomic E-state index is 12.0. The summed E-state index contributed by atoms with van der Waals surface area (Å²) < 4.78 is 5.32. The smallest absolute Gasteiger partial charge is 0.270 e. The molecular weight excluding hydrogens is 240 g/mol. The van der Waals surface area contributed by atoms with Crippen LogP contribution in [-0.4, -0.2) is 24.5 Å². The van der Waals surface area contributed by atoms with Gasteiger partial charge in [-0.2, -0.15) is 0 Å². The van der Waals surface area contributed by atoms with Crippen LogP contribution in [0.1, 0.15) is 30.3 Å². The summed E-state index contributed by atoms with van der Waals surface area (Å²) in [6, 6.07) is 9.31. The largest absolute Gasteiger partial charge is 0.496 e. The second-order valence-corrected chi connectivity index (χ2v) is 4.34. The highest BCUT2D eigenvalue weighted by molar-refractivity contribution is 5.96. The highest BCUT2D eigenvalue weighted by Crippen LogP contribution is 2.24. The molecule has 0 radical (unpaired) electrons. The third-order valence-electron chi connectivity index (χ3n) is 2.95. The van der Waals surface area contributed by atoms with Crippen molar-refractivity contribution in [3.63, 3.8) is 0 Å². The van der Waals surface area contributed by atoms with Crippen molar-refractivity contribution >= 4 is 16.8 Å². The van der Waals surface area contributed by atoms with E-state index in [0.29, 0.717) is 18.0 Å². The monoisotopic (exact) mass is 258 g/mol. The fourth-order valence-electron chi connectivity index (χ4n) is 1.90. The minimum atomic E-state index is -0.155. The number of nitrogens with one attached hydrogen (secondary N) is 1. The van der Waals surface area contributed by atoms with Gasteiger partial charge in [0.2, 0.25) is 0 Å². The number of unbranched alkanes of at least 4 members (excludes halogenated alkanes) is 1. The summed E-state index contributed by atoms with van der Waals surface area (Å²) in [5, 5.41) is 3.77. The van der Waals surface area contributed by atoms with Gasteiger partial charge in [0.15, 0.2) is 0 Å². The average Bonchev–Trinajstić information content (AvgIpc) is 2.46. The lowest BCUT2D eigenvalue weighted by Crippen LogP contribution is -2.25. The molecular formula is C15H18N2O2. The topological polar surface area (TPSA) is 51.2 Å². The van der Waals surface area contributed by atoms with Gasteiger partial charge in [-0.05, 0) is 18.6 Å². The fourth-order valence-corrected chi connectivity index (χ4v) is 1.90. The van der Waals surface area contributed by atoms with Crippen LogP contribution in [-0.2, 0) is 0 Å². The van der Waals surface area contributed by atoms with Crippen molar-refractivity contribution < 1.29 is 9.53 Å². The molecule has 2 aromatic rings. The van der Waals surface area contributed by atoms with E-state index in [1.165, 1.54) is 0 Å². The summed E-state index contributed by atoms with van der Waals surface area (Å²) in [6.45, 7) is 2.76. The molecule has 1 heterocycles. The number of hydrogen-bond donors (Lipinski definition) is 1. The van der Waals surface area contributed by atoms with Crippen LogP contribution in [0.4, 0.5) is 0 Å². The molecule has 0 fully saturated rings. The van der Waals surface area contributed by atoms with Gasteiger partial charge in [0.1, 0.15) is 11.4 Å². The lowest BCUT2D eigenvalue weighted by atomic mass is 10.1. The first-order valence-electron chi connectivity index (χ1n) is 6.48. The van der Waals surface area contributed by atoms with E-state index in [1.807, 2.05) is 24.3 Å². The second-order valence-electron chi connectivity index (χ2n) is 4.34. The fraction of sp³-hybridized carbons (Fsp3) is 0.333. The number of hydrogen-bond acceptors (Lipinski definition) is 3. The predicted molar refractivity (Wildman–Crippen MR) is 75.5 cm³/mol. The zero-order valence-electron chi connectivity index (χ0n) is 11.3. The molecule has 1 aromatic heterocycles. The van der Waals surface area contributed by atoms with Crippen molar-refractivity contribution in [2.24, 2.45) is 0 Å². The van der Waals surface area contributed by atoms with Crippen LogP contribution in [0.5, 0.6) is 5.75 Å². The number of rotatable bonds is 5. The van der Waals surface area contributed by atoms with Crippen LogP contribution in [0.15, 0.2) is 30.3 Å². The standard InChI is InChI=1S/C15H18N2O2/c1-3-4-9-16-15(18)13-10-14(19-2)11-7-5-6-8-12(11)17-13/h5-8,10H,3-4,9H2,1-2H3,(H,16,18). The van der Waals surface area contributed by atoms with Crippen molar-refractivity contribution in [1.82, 2.24) is 10.3 Å². The van der Waals surface area contributed by atoms with E-state index in [4.69, 9.17) is 4.74 Å². The van der Waals surface area contributed by atoms with Gasteiger partial charge in [-0.15, -0.1) is 0 Å². The molecule has 19 heavy (non-hydrogen) atoms. The van der Waals surface area contributed by atoms with Gasteiger partial charge in [0, 0.05) is 18.0 Å². The Kier molecular flexibility index (Phi) is 4.34. The van der Waals surface area contributed by atoms with Crippen LogP contribution in [0, 0.1) is 0 Å². The lowest BCUT2D eigenvalue weighted by Gasteiger charge is -2.08. The summed E-state index contributed by atoms with van der Waals surface area (Å²) in [7, 11) is 1.60. The SMILES string of the molecule is CCCCNC(=O)c1cc(OC)c2ccccc2n1. The quantitative estimate of drug-likeness (QED) is 0.839. The first kappa shape index (κ1) is 13.3. The molecule has 0 unspecified atom stereocenters. The van der Waals surface area contributed by atoms with E-state index in [9.17, 15) is 4.79 Å². The number of para-hydroxylation sites is 1. The second kappa shape index (κ2) is 6.18. The Morgan fingerprint density at radius 1 is 1.37 bits per heavy atom. The van der Waals surface area contributed by atoms with Crippen molar-refractivity contribution in [1.29, 1.82) is 0 Å². The third kappa shape index (κ3) is 3.02. The lowest BCUT2D eigenvalue weighted by molar-refractivity contribution is 0.0948. The van der Waals surface area contributed by atoms with E-state index >= 15 is 0 Å². The van der Waals surface area contributed by atoms with Crippen LogP contribution in [0.2, 0.25) is 0 Å². The summed E-state index contributed by atoms with van der Waals surface area (Å²) in [4.78, 5) is 16.4. The van der Waals surface area contributed by atoms with Crippen molar-refractivity contribution in [2.75, 3.05) is 13.7 Å². The molecule has 0 aliphatic carbocycles. The number of fused-ring (bicyclic) bond motifs is 1. The number of nitrogens with zero attached hydrogens (tertiary/aromatic N) is 1. The molecule has 1 N–H and O–H groups in total. The Morgan fingerprint density at radius 3 is 2.89 bits per heavy atom. The zero-order chi connectivity index (χ0) is 13.7. The third-order valence-corrected chi connectivity index (χ3v) is 2.95. The molecule has 1 amide bonds. The van der Waals surface area contributed by atoms with Crippen molar-refractivity contribution in [2.45, 2.75) is 19.8 Å². The number of benzene rings is 1. The first-order chi connectivity index (χ1) is 9.26. The first-order valence-corrected chi connectivity index (χ1v) is 6.48. The Bertz CT molecular complexity index is 581. The predicted octanol–water partition coefficient (Wildman–Crippen LogP) is 2.77. The molecule has 4 nitrogen and oxygen atoms in total. The van der Waals surface area contributed by atoms with Crippen LogP contribution >= 0.6 is 0 Å². The number of amides is 1. The van der Waals surface area contributed by atoms with E-state index < -0.39 is 0 Å². The van der Waals surface area contributed by atoms with Gasteiger partial charge < -0.3 is 10.1 Å². The molecule has 2 rings (SSSR count). The highest BCUT2D eigenvalue weighted by Gasteiger charge is 2.11. The van der Waals surface area contributed by atoms with Crippen LogP contribution in [0.25, 0.3) is 10.9 Å². The molecule has 0 atom stereocenters. The van der Waals surface area contributed by atoms with Gasteiger partial charge >= 0.3 is 0 Å². The van der Waals surface area contributed by atoms with Crippen molar-refractivity contribution in [3.05, 3.63) is 36.0 Å². The van der Waals surface area contributed by atoms with Gasteiger partial charge in [-0.25, -0.2) is 4.98 Å². The number of pyridine rings is 1. The summed E-state index contributed by atoms with van der Waals surface area (Å²) >= 11 is 0. The van der Waals surface area contributed by atoms with Crippen LogP contribution < -0.4 is 10.1 Å². The van der Waals surface area contributed by atoms with Gasteiger partial charge in [0.05, 0.1) is 12.6 Å². The Morgan fingerprint density at radius 2 is 2.16 bits per heavy atom. The van der Waals surface area contributed by atoms with Gasteiger partial charge in [-0.3, -0.25) is 4.79 Å². The number of aromatic nitrogens is 1. The molecule has 0 saturated heterocycles. The van der Waals surface area contributed by atoms with Gasteiger partial charge in [0.25, 0.3) is 5.91 Å². The number of carbonyl (C=O) groups is 1.